The molecular weight excluding hydrogens is 310 g/mol. The second-order valence-electron chi connectivity index (χ2n) is 8.45. The van der Waals surface area contributed by atoms with Crippen LogP contribution in [-0.4, -0.2) is 16.7 Å². The van der Waals surface area contributed by atoms with Gasteiger partial charge in [0.25, 0.3) is 11.8 Å². The summed E-state index contributed by atoms with van der Waals surface area (Å²) in [4.78, 5) is 26.2. The number of amides is 2. The van der Waals surface area contributed by atoms with Gasteiger partial charge in [0.2, 0.25) is 0 Å². The molecule has 0 saturated heterocycles. The lowest BCUT2D eigenvalue weighted by atomic mass is 9.65. The number of rotatable bonds is 4. The van der Waals surface area contributed by atoms with Gasteiger partial charge in [0.15, 0.2) is 0 Å². The van der Waals surface area contributed by atoms with Crippen molar-refractivity contribution in [1.82, 2.24) is 4.90 Å². The van der Waals surface area contributed by atoms with Crippen molar-refractivity contribution in [2.75, 3.05) is 0 Å². The van der Waals surface area contributed by atoms with Crippen LogP contribution in [0.25, 0.3) is 0 Å². The minimum atomic E-state index is -0.181. The topological polar surface area (TPSA) is 37.4 Å². The molecule has 0 spiro atoms. The van der Waals surface area contributed by atoms with Crippen molar-refractivity contribution >= 4 is 11.8 Å². The maximum absolute atomic E-state index is 12.4. The third kappa shape index (κ3) is 2.56. The van der Waals surface area contributed by atoms with Crippen LogP contribution in [0.2, 0.25) is 0 Å². The van der Waals surface area contributed by atoms with E-state index in [4.69, 9.17) is 0 Å². The van der Waals surface area contributed by atoms with Gasteiger partial charge in [0.1, 0.15) is 0 Å². The molecule has 1 atom stereocenters. The number of fused-ring (bicyclic) bond motifs is 1. The molecule has 1 aromatic rings. The summed E-state index contributed by atoms with van der Waals surface area (Å²) in [5, 5.41) is 0. The van der Waals surface area contributed by atoms with Gasteiger partial charge < -0.3 is 0 Å². The third-order valence-electron chi connectivity index (χ3n) is 6.35. The first-order chi connectivity index (χ1) is 11.7. The van der Waals surface area contributed by atoms with Gasteiger partial charge in [-0.15, -0.1) is 0 Å². The summed E-state index contributed by atoms with van der Waals surface area (Å²) >= 11 is 0. The van der Waals surface area contributed by atoms with E-state index in [-0.39, 0.29) is 23.3 Å². The first kappa shape index (κ1) is 17.9. The monoisotopic (exact) mass is 339 g/mol. The molecule has 134 valence electrons. The van der Waals surface area contributed by atoms with Gasteiger partial charge in [0, 0.05) is 17.6 Å². The Bertz CT molecular complexity index is 716. The highest BCUT2D eigenvalue weighted by atomic mass is 16.2. The van der Waals surface area contributed by atoms with Gasteiger partial charge in [-0.3, -0.25) is 14.5 Å². The second kappa shape index (κ2) is 6.12. The number of benzene rings is 1. The molecule has 0 saturated carbocycles. The zero-order chi connectivity index (χ0) is 18.5. The first-order valence-corrected chi connectivity index (χ1v) is 9.39. The molecular formula is C22H29NO2. The molecule has 3 rings (SSSR count). The summed E-state index contributed by atoms with van der Waals surface area (Å²) in [7, 11) is 0. The summed E-state index contributed by atoms with van der Waals surface area (Å²) in [6.45, 7) is 13.4. The van der Waals surface area contributed by atoms with Gasteiger partial charge in [-0.25, -0.2) is 0 Å². The smallest absolute Gasteiger partial charge is 0.254 e. The fourth-order valence-electron chi connectivity index (χ4n) is 4.89. The molecule has 1 aromatic carbocycles. The maximum Gasteiger partial charge on any atom is 0.254 e. The Balaban J connectivity index is 2.19. The van der Waals surface area contributed by atoms with E-state index >= 15 is 0 Å². The molecule has 0 unspecified atom stereocenters. The van der Waals surface area contributed by atoms with Crippen LogP contribution in [0.15, 0.2) is 30.4 Å². The van der Waals surface area contributed by atoms with Crippen LogP contribution < -0.4 is 0 Å². The standard InChI is InChI=1S/C22H29NO2/c1-13(2)16-7-8-18-17(11-16)19(23-20(24)9-10-21(23)25)12-22(18,14(3)4)15(5)6/h7-11,13-15,19H,12H2,1-6H3/t19-/m0/s1. The summed E-state index contributed by atoms with van der Waals surface area (Å²) < 4.78 is 0. The molecule has 2 amide bonds. The molecule has 1 heterocycles. The van der Waals surface area contributed by atoms with E-state index in [0.29, 0.717) is 17.8 Å². The van der Waals surface area contributed by atoms with Gasteiger partial charge in [-0.1, -0.05) is 59.7 Å². The predicted molar refractivity (Wildman–Crippen MR) is 100 cm³/mol. The van der Waals surface area contributed by atoms with Crippen molar-refractivity contribution < 1.29 is 9.59 Å². The van der Waals surface area contributed by atoms with E-state index in [2.05, 4.69) is 59.7 Å². The SMILES string of the molecule is CC(C)c1ccc2c(c1)[C@@H](N1C(=O)C=CC1=O)CC2(C(C)C)C(C)C. The number of hydrogen-bond acceptors (Lipinski definition) is 2. The fourth-order valence-corrected chi connectivity index (χ4v) is 4.89. The maximum atomic E-state index is 12.4. The van der Waals surface area contributed by atoms with Crippen molar-refractivity contribution in [3.63, 3.8) is 0 Å². The van der Waals surface area contributed by atoms with Gasteiger partial charge in [0.05, 0.1) is 6.04 Å². The Kier molecular flexibility index (Phi) is 4.38. The number of nitrogens with zero attached hydrogens (tertiary/aromatic N) is 1. The molecule has 0 fully saturated rings. The lowest BCUT2D eigenvalue weighted by molar-refractivity contribution is -0.140. The average molecular weight is 339 g/mol. The van der Waals surface area contributed by atoms with Crippen molar-refractivity contribution in [3.05, 3.63) is 47.0 Å². The number of hydrogen-bond donors (Lipinski definition) is 0. The van der Waals surface area contributed by atoms with Crippen LogP contribution in [-0.2, 0) is 15.0 Å². The molecule has 2 aliphatic rings. The highest BCUT2D eigenvalue weighted by Crippen LogP contribution is 2.55. The Morgan fingerprint density at radius 2 is 1.52 bits per heavy atom. The van der Waals surface area contributed by atoms with Crippen LogP contribution in [0.5, 0.6) is 0 Å². The Morgan fingerprint density at radius 1 is 0.960 bits per heavy atom. The summed E-state index contributed by atoms with van der Waals surface area (Å²) in [5.41, 5.74) is 3.73. The van der Waals surface area contributed by atoms with E-state index < -0.39 is 0 Å². The molecule has 0 radical (unpaired) electrons. The lowest BCUT2D eigenvalue weighted by Gasteiger charge is -2.40. The average Bonchev–Trinajstić information content (AvgIpc) is 3.05. The Labute approximate surface area is 151 Å². The van der Waals surface area contributed by atoms with Crippen molar-refractivity contribution in [2.45, 2.75) is 65.3 Å². The molecule has 0 aromatic heterocycles. The molecule has 0 N–H and O–H groups in total. The highest BCUT2D eigenvalue weighted by molar-refractivity contribution is 6.13. The van der Waals surface area contributed by atoms with Gasteiger partial charge >= 0.3 is 0 Å². The summed E-state index contributed by atoms with van der Waals surface area (Å²) in [5.74, 6) is 0.921. The minimum absolute atomic E-state index is 0.0152. The lowest BCUT2D eigenvalue weighted by Crippen LogP contribution is -2.39. The van der Waals surface area contributed by atoms with E-state index in [1.165, 1.54) is 33.7 Å². The fraction of sp³-hybridized carbons (Fsp3) is 0.545. The predicted octanol–water partition coefficient (Wildman–Crippen LogP) is 4.73. The van der Waals surface area contributed by atoms with Gasteiger partial charge in [-0.2, -0.15) is 0 Å². The normalized spacial score (nSPS) is 22.0. The first-order valence-electron chi connectivity index (χ1n) is 9.39. The zero-order valence-corrected chi connectivity index (χ0v) is 16.2. The molecule has 3 nitrogen and oxygen atoms in total. The molecule has 3 heteroatoms. The van der Waals surface area contributed by atoms with Crippen molar-refractivity contribution in [2.24, 2.45) is 11.8 Å². The van der Waals surface area contributed by atoms with Crippen LogP contribution in [0, 0.1) is 11.8 Å². The number of imide groups is 1. The zero-order valence-electron chi connectivity index (χ0n) is 16.2. The summed E-state index contributed by atoms with van der Waals surface area (Å²) in [6, 6.07) is 6.55. The van der Waals surface area contributed by atoms with E-state index in [1.54, 1.807) is 0 Å². The Hall–Kier alpha value is -1.90. The number of carbonyl (C=O) groups excluding carboxylic acids is 2. The van der Waals surface area contributed by atoms with Crippen molar-refractivity contribution in [1.29, 1.82) is 0 Å². The molecule has 1 aliphatic heterocycles. The third-order valence-corrected chi connectivity index (χ3v) is 6.35. The Morgan fingerprint density at radius 3 is 2.00 bits per heavy atom. The van der Waals surface area contributed by atoms with Crippen LogP contribution >= 0.6 is 0 Å². The van der Waals surface area contributed by atoms with Crippen LogP contribution in [0.1, 0.15) is 76.6 Å². The van der Waals surface area contributed by atoms with Gasteiger partial charge in [-0.05, 0) is 40.9 Å². The van der Waals surface area contributed by atoms with E-state index in [0.717, 1.165) is 6.42 Å². The quantitative estimate of drug-likeness (QED) is 0.744. The van der Waals surface area contributed by atoms with E-state index in [9.17, 15) is 9.59 Å². The number of carbonyl (C=O) groups is 2. The van der Waals surface area contributed by atoms with Crippen molar-refractivity contribution in [3.8, 4) is 0 Å². The summed E-state index contributed by atoms with van der Waals surface area (Å²) in [6.07, 6.45) is 3.62. The molecule has 0 bridgehead atoms. The largest absolute Gasteiger partial charge is 0.269 e. The van der Waals surface area contributed by atoms with Crippen LogP contribution in [0.4, 0.5) is 0 Å². The minimum Gasteiger partial charge on any atom is -0.269 e. The highest BCUT2D eigenvalue weighted by Gasteiger charge is 2.51. The van der Waals surface area contributed by atoms with E-state index in [1.807, 2.05) is 0 Å². The molecule has 25 heavy (non-hydrogen) atoms. The van der Waals surface area contributed by atoms with Crippen LogP contribution in [0.3, 0.4) is 0 Å². The molecule has 1 aliphatic carbocycles. The second-order valence-corrected chi connectivity index (χ2v) is 8.45.